The minimum atomic E-state index is -0.278. The van der Waals surface area contributed by atoms with E-state index in [0.29, 0.717) is 28.5 Å². The number of piperazine rings is 1. The van der Waals surface area contributed by atoms with Crippen LogP contribution in [-0.4, -0.2) is 63.2 Å². The Morgan fingerprint density at radius 1 is 1.14 bits per heavy atom. The van der Waals surface area contributed by atoms with Gasteiger partial charge in [0, 0.05) is 32.7 Å². The van der Waals surface area contributed by atoms with Gasteiger partial charge in [-0.3, -0.25) is 14.2 Å². The molecule has 0 bridgehead atoms. The topological polar surface area (TPSA) is 58.4 Å². The molecular weight excluding hydrogens is 372 g/mol. The third kappa shape index (κ3) is 4.58. The summed E-state index contributed by atoms with van der Waals surface area (Å²) >= 11 is 1.40. The highest BCUT2D eigenvalue weighted by Crippen LogP contribution is 2.25. The van der Waals surface area contributed by atoms with Crippen LogP contribution in [0.1, 0.15) is 27.7 Å². The maximum atomic E-state index is 13.0. The van der Waals surface area contributed by atoms with Crippen molar-refractivity contribution in [3.63, 3.8) is 0 Å². The van der Waals surface area contributed by atoms with E-state index in [-0.39, 0.29) is 16.7 Å². The molecule has 28 heavy (non-hydrogen) atoms. The molecule has 1 saturated heterocycles. The Balaban J connectivity index is 1.84. The Kier molecular flexibility index (Phi) is 6.78. The number of aromatic nitrogens is 2. The van der Waals surface area contributed by atoms with Crippen LogP contribution in [0.3, 0.4) is 0 Å². The van der Waals surface area contributed by atoms with Crippen molar-refractivity contribution in [3.8, 4) is 0 Å². The number of nitrogens with zero attached hydrogens (tertiary/aromatic N) is 4. The van der Waals surface area contributed by atoms with Crippen LogP contribution >= 0.6 is 11.8 Å². The van der Waals surface area contributed by atoms with Crippen molar-refractivity contribution in [2.45, 2.75) is 44.6 Å². The van der Waals surface area contributed by atoms with E-state index in [0.717, 1.165) is 32.7 Å². The second-order valence-corrected chi connectivity index (χ2v) is 9.05. The van der Waals surface area contributed by atoms with Crippen LogP contribution in [0.4, 0.5) is 0 Å². The van der Waals surface area contributed by atoms with E-state index in [4.69, 9.17) is 4.98 Å². The van der Waals surface area contributed by atoms with Crippen molar-refractivity contribution in [2.75, 3.05) is 32.7 Å². The summed E-state index contributed by atoms with van der Waals surface area (Å²) in [4.78, 5) is 35.0. The van der Waals surface area contributed by atoms with Crippen molar-refractivity contribution < 1.29 is 4.79 Å². The lowest BCUT2D eigenvalue weighted by Gasteiger charge is -2.35. The van der Waals surface area contributed by atoms with E-state index in [1.54, 1.807) is 4.57 Å². The maximum absolute atomic E-state index is 13.0. The van der Waals surface area contributed by atoms with Crippen molar-refractivity contribution >= 4 is 28.6 Å². The molecule has 2 aromatic rings. The largest absolute Gasteiger partial charge is 0.339 e. The van der Waals surface area contributed by atoms with Gasteiger partial charge in [0.25, 0.3) is 5.56 Å². The summed E-state index contributed by atoms with van der Waals surface area (Å²) < 4.78 is 1.73. The van der Waals surface area contributed by atoms with Crippen molar-refractivity contribution in [1.82, 2.24) is 19.4 Å². The van der Waals surface area contributed by atoms with Gasteiger partial charge in [-0.25, -0.2) is 4.98 Å². The molecule has 152 valence electrons. The number of benzene rings is 1. The molecule has 1 aromatic heterocycles. The van der Waals surface area contributed by atoms with Crippen LogP contribution in [-0.2, 0) is 11.3 Å². The smallest absolute Gasteiger partial charge is 0.262 e. The zero-order valence-corrected chi connectivity index (χ0v) is 18.0. The first kappa shape index (κ1) is 20.9. The summed E-state index contributed by atoms with van der Waals surface area (Å²) in [5.41, 5.74) is 0.657. The summed E-state index contributed by atoms with van der Waals surface area (Å²) in [6, 6.07) is 7.42. The quantitative estimate of drug-likeness (QED) is 0.549. The lowest BCUT2D eigenvalue weighted by Crippen LogP contribution is -2.50. The van der Waals surface area contributed by atoms with Crippen LogP contribution in [0, 0.1) is 5.92 Å². The molecule has 2 heterocycles. The van der Waals surface area contributed by atoms with Gasteiger partial charge in [0.2, 0.25) is 5.91 Å². The zero-order valence-electron chi connectivity index (χ0n) is 17.2. The predicted octanol–water partition coefficient (Wildman–Crippen LogP) is 2.70. The SMILES string of the molecule is CCN1CCN(C(=O)[C@H](C)Sc2nc3ccccc3c(=O)n2CC(C)C)CC1. The zero-order chi connectivity index (χ0) is 20.3. The van der Waals surface area contributed by atoms with E-state index in [1.807, 2.05) is 36.1 Å². The second-order valence-electron chi connectivity index (χ2n) is 7.74. The lowest BCUT2D eigenvalue weighted by molar-refractivity contribution is -0.132. The molecule has 0 saturated carbocycles. The Labute approximate surface area is 170 Å². The Bertz CT molecular complexity index is 888. The Morgan fingerprint density at radius 3 is 2.46 bits per heavy atom. The molecule has 1 aliphatic heterocycles. The number of hydrogen-bond donors (Lipinski definition) is 0. The molecule has 1 aliphatic rings. The molecule has 1 atom stereocenters. The second kappa shape index (κ2) is 9.09. The average Bonchev–Trinajstić information content (AvgIpc) is 2.70. The van der Waals surface area contributed by atoms with E-state index < -0.39 is 0 Å². The molecule has 7 heteroatoms. The van der Waals surface area contributed by atoms with Crippen LogP contribution < -0.4 is 5.56 Å². The van der Waals surface area contributed by atoms with Gasteiger partial charge in [0.15, 0.2) is 5.16 Å². The van der Waals surface area contributed by atoms with E-state index >= 15 is 0 Å². The third-order valence-corrected chi connectivity index (χ3v) is 6.21. The van der Waals surface area contributed by atoms with Gasteiger partial charge >= 0.3 is 0 Å². The molecule has 3 rings (SSSR count). The monoisotopic (exact) mass is 402 g/mol. The molecule has 6 nitrogen and oxygen atoms in total. The fraction of sp³-hybridized carbons (Fsp3) is 0.571. The number of rotatable bonds is 6. The first-order valence-corrected chi connectivity index (χ1v) is 11.0. The molecule has 1 amide bonds. The van der Waals surface area contributed by atoms with E-state index in [1.165, 1.54) is 11.8 Å². The number of amides is 1. The summed E-state index contributed by atoms with van der Waals surface area (Å²) in [6.45, 7) is 13.2. The molecule has 0 unspecified atom stereocenters. The van der Waals surface area contributed by atoms with Crippen LogP contribution in [0.15, 0.2) is 34.2 Å². The highest BCUT2D eigenvalue weighted by Gasteiger charge is 2.26. The van der Waals surface area contributed by atoms with Crippen molar-refractivity contribution in [2.24, 2.45) is 5.92 Å². The third-order valence-electron chi connectivity index (χ3n) is 5.14. The van der Waals surface area contributed by atoms with Crippen LogP contribution in [0.25, 0.3) is 10.9 Å². The summed E-state index contributed by atoms with van der Waals surface area (Å²) in [6.07, 6.45) is 0. The molecule has 0 radical (unpaired) electrons. The minimum Gasteiger partial charge on any atom is -0.339 e. The number of para-hydroxylation sites is 1. The van der Waals surface area contributed by atoms with Gasteiger partial charge in [-0.05, 0) is 31.5 Å². The van der Waals surface area contributed by atoms with Crippen LogP contribution in [0.5, 0.6) is 0 Å². The van der Waals surface area contributed by atoms with Gasteiger partial charge in [-0.15, -0.1) is 0 Å². The summed E-state index contributed by atoms with van der Waals surface area (Å²) in [5, 5.41) is 0.979. The number of carbonyl (C=O) groups is 1. The lowest BCUT2D eigenvalue weighted by atomic mass is 10.2. The standard InChI is InChI=1S/C21H30N4O2S/c1-5-23-10-12-24(13-11-23)19(26)16(4)28-21-22-18-9-7-6-8-17(18)20(27)25(21)14-15(2)3/h6-9,15-16H,5,10-14H2,1-4H3/t16-/m0/s1. The van der Waals surface area contributed by atoms with Crippen molar-refractivity contribution in [1.29, 1.82) is 0 Å². The van der Waals surface area contributed by atoms with Gasteiger partial charge in [-0.1, -0.05) is 44.7 Å². The van der Waals surface area contributed by atoms with Crippen LogP contribution in [0.2, 0.25) is 0 Å². The molecule has 0 spiro atoms. The number of fused-ring (bicyclic) bond motifs is 1. The van der Waals surface area contributed by atoms with E-state index in [2.05, 4.69) is 25.7 Å². The number of hydrogen-bond acceptors (Lipinski definition) is 5. The Morgan fingerprint density at radius 2 is 1.82 bits per heavy atom. The fourth-order valence-corrected chi connectivity index (χ4v) is 4.52. The van der Waals surface area contributed by atoms with Gasteiger partial charge in [-0.2, -0.15) is 0 Å². The molecule has 0 aliphatic carbocycles. The number of thioether (sulfide) groups is 1. The maximum Gasteiger partial charge on any atom is 0.262 e. The molecule has 1 fully saturated rings. The summed E-state index contributed by atoms with van der Waals surface area (Å²) in [5.74, 6) is 0.437. The highest BCUT2D eigenvalue weighted by molar-refractivity contribution is 8.00. The first-order chi connectivity index (χ1) is 13.4. The fourth-order valence-electron chi connectivity index (χ4n) is 3.51. The predicted molar refractivity (Wildman–Crippen MR) is 115 cm³/mol. The highest BCUT2D eigenvalue weighted by atomic mass is 32.2. The van der Waals surface area contributed by atoms with Crippen molar-refractivity contribution in [3.05, 3.63) is 34.6 Å². The summed E-state index contributed by atoms with van der Waals surface area (Å²) in [7, 11) is 0. The normalized spacial score (nSPS) is 16.7. The molecular formula is C21H30N4O2S. The molecule has 0 N–H and O–H groups in total. The van der Waals surface area contributed by atoms with Gasteiger partial charge < -0.3 is 9.80 Å². The minimum absolute atomic E-state index is 0.0296. The van der Waals surface area contributed by atoms with Gasteiger partial charge in [0.1, 0.15) is 0 Å². The van der Waals surface area contributed by atoms with Gasteiger partial charge in [0.05, 0.1) is 16.2 Å². The number of carbonyl (C=O) groups excluding carboxylic acids is 1. The molecule has 1 aromatic carbocycles. The first-order valence-electron chi connectivity index (χ1n) is 10.1. The number of likely N-dealkylation sites (N-methyl/N-ethyl adjacent to an activating group) is 1. The van der Waals surface area contributed by atoms with E-state index in [9.17, 15) is 9.59 Å². The Hall–Kier alpha value is -1.86. The average molecular weight is 403 g/mol.